The van der Waals surface area contributed by atoms with Crippen molar-refractivity contribution >= 4 is 29.2 Å². The smallest absolute Gasteiger partial charge is 0.336 e. The van der Waals surface area contributed by atoms with Crippen molar-refractivity contribution in [3.63, 3.8) is 0 Å². The number of ether oxygens (including phenoxy) is 1. The van der Waals surface area contributed by atoms with Gasteiger partial charge in [0.1, 0.15) is 5.75 Å². The Morgan fingerprint density at radius 3 is 2.80 bits per heavy atom. The molecule has 0 aliphatic rings. The number of benzene rings is 1. The molecule has 4 nitrogen and oxygen atoms in total. The molecule has 0 fully saturated rings. The summed E-state index contributed by atoms with van der Waals surface area (Å²) < 4.78 is 5.13. The van der Waals surface area contributed by atoms with E-state index in [-0.39, 0.29) is 5.78 Å². The van der Waals surface area contributed by atoms with E-state index in [1.54, 1.807) is 30.3 Å². The summed E-state index contributed by atoms with van der Waals surface area (Å²) in [5.74, 6) is -0.227. The Balaban J connectivity index is 2.02. The first-order valence-electron chi connectivity index (χ1n) is 5.97. The fourth-order valence-corrected chi connectivity index (χ4v) is 2.12. The van der Waals surface area contributed by atoms with E-state index in [9.17, 15) is 9.59 Å². The van der Waals surface area contributed by atoms with Crippen LogP contribution >= 0.6 is 11.3 Å². The van der Waals surface area contributed by atoms with Crippen LogP contribution in [0.15, 0.2) is 35.7 Å². The Morgan fingerprint density at radius 2 is 2.15 bits per heavy atom. The van der Waals surface area contributed by atoms with Gasteiger partial charge in [0.2, 0.25) is 0 Å². The van der Waals surface area contributed by atoms with E-state index in [1.165, 1.54) is 24.3 Å². The van der Waals surface area contributed by atoms with E-state index < -0.39 is 5.97 Å². The Hall–Kier alpha value is -2.27. The summed E-state index contributed by atoms with van der Waals surface area (Å²) in [7, 11) is 0. The summed E-state index contributed by atoms with van der Waals surface area (Å²) in [6.07, 6.45) is 2.91. The highest BCUT2D eigenvalue weighted by Crippen LogP contribution is 2.14. The van der Waals surface area contributed by atoms with Gasteiger partial charge < -0.3 is 4.74 Å². The van der Waals surface area contributed by atoms with Gasteiger partial charge in [-0.3, -0.25) is 4.79 Å². The summed E-state index contributed by atoms with van der Waals surface area (Å²) in [5.41, 5.74) is 1.23. The molecule has 5 heteroatoms. The average molecular weight is 287 g/mol. The van der Waals surface area contributed by atoms with E-state index in [1.807, 2.05) is 12.3 Å². The first-order valence-corrected chi connectivity index (χ1v) is 6.85. The van der Waals surface area contributed by atoms with Crippen LogP contribution in [-0.4, -0.2) is 16.7 Å². The van der Waals surface area contributed by atoms with E-state index in [2.05, 4.69) is 4.98 Å². The van der Waals surface area contributed by atoms with E-state index in [4.69, 9.17) is 4.74 Å². The minimum absolute atomic E-state index is 0.0728. The minimum Gasteiger partial charge on any atom is -0.423 e. The molecule has 20 heavy (non-hydrogen) atoms. The molecule has 0 saturated heterocycles. The van der Waals surface area contributed by atoms with Crippen LogP contribution in [0.5, 0.6) is 5.75 Å². The fraction of sp³-hybridized carbons (Fsp3) is 0.133. The molecule has 1 heterocycles. The summed E-state index contributed by atoms with van der Waals surface area (Å²) in [6, 6.07) is 6.52. The van der Waals surface area contributed by atoms with E-state index in [0.717, 1.165) is 10.7 Å². The second-order valence-corrected chi connectivity index (χ2v) is 5.19. The molecule has 102 valence electrons. The standard InChI is InChI=1S/C15H13NO3S/c1-10(17)12-4-3-5-14(8-12)19-15(18)7-6-13-9-20-11(2)16-13/h3-9H,1-2H3. The fourth-order valence-electron chi connectivity index (χ4n) is 1.54. The molecule has 0 atom stereocenters. The first-order chi connectivity index (χ1) is 9.54. The van der Waals surface area contributed by atoms with Crippen molar-refractivity contribution < 1.29 is 14.3 Å². The number of ketones is 1. The maximum Gasteiger partial charge on any atom is 0.336 e. The predicted octanol–water partition coefficient (Wildman–Crippen LogP) is 3.27. The number of rotatable bonds is 4. The number of hydrogen-bond acceptors (Lipinski definition) is 5. The third kappa shape index (κ3) is 3.86. The molecule has 0 spiro atoms. The number of thiazole rings is 1. The Labute approximate surface area is 120 Å². The lowest BCUT2D eigenvalue weighted by molar-refractivity contribution is -0.128. The first kappa shape index (κ1) is 14.1. The molecule has 0 bridgehead atoms. The van der Waals surface area contributed by atoms with Gasteiger partial charge in [0.25, 0.3) is 0 Å². The number of carbonyl (C=O) groups excluding carboxylic acids is 2. The average Bonchev–Trinajstić information content (AvgIpc) is 2.82. The van der Waals surface area contributed by atoms with Crippen LogP contribution in [0, 0.1) is 6.92 Å². The van der Waals surface area contributed by atoms with Gasteiger partial charge in [0.05, 0.1) is 10.7 Å². The Morgan fingerprint density at radius 1 is 1.35 bits per heavy atom. The molecule has 2 rings (SSSR count). The number of esters is 1. The molecule has 0 aliphatic heterocycles. The van der Waals surface area contributed by atoms with Crippen molar-refractivity contribution in [2.24, 2.45) is 0 Å². The highest BCUT2D eigenvalue weighted by molar-refractivity contribution is 7.09. The van der Waals surface area contributed by atoms with Gasteiger partial charge in [0.15, 0.2) is 5.78 Å². The van der Waals surface area contributed by atoms with Crippen molar-refractivity contribution in [3.05, 3.63) is 52.0 Å². The van der Waals surface area contributed by atoms with Crippen molar-refractivity contribution in [1.82, 2.24) is 4.98 Å². The van der Waals surface area contributed by atoms with Gasteiger partial charge in [-0.2, -0.15) is 0 Å². The van der Waals surface area contributed by atoms with Gasteiger partial charge in [-0.15, -0.1) is 11.3 Å². The molecule has 0 aliphatic carbocycles. The van der Waals surface area contributed by atoms with Crippen molar-refractivity contribution in [3.8, 4) is 5.75 Å². The highest BCUT2D eigenvalue weighted by atomic mass is 32.1. The summed E-state index contributed by atoms with van der Waals surface area (Å²) >= 11 is 1.51. The zero-order chi connectivity index (χ0) is 14.5. The molecule has 1 aromatic carbocycles. The van der Waals surface area contributed by atoms with Gasteiger partial charge in [-0.05, 0) is 32.1 Å². The summed E-state index contributed by atoms with van der Waals surface area (Å²) in [6.45, 7) is 3.36. The number of aromatic nitrogens is 1. The highest BCUT2D eigenvalue weighted by Gasteiger charge is 2.04. The van der Waals surface area contributed by atoms with Crippen LogP contribution in [-0.2, 0) is 4.79 Å². The second kappa shape index (κ2) is 6.25. The Bertz CT molecular complexity index is 673. The Kier molecular flexibility index (Phi) is 4.42. The number of hydrogen-bond donors (Lipinski definition) is 0. The number of Topliss-reactive ketones (excluding diaryl/α,β-unsaturated/α-hetero) is 1. The normalized spacial score (nSPS) is 10.7. The molecule has 0 saturated carbocycles. The van der Waals surface area contributed by atoms with E-state index in [0.29, 0.717) is 11.3 Å². The van der Waals surface area contributed by atoms with Crippen molar-refractivity contribution in [2.45, 2.75) is 13.8 Å². The molecule has 0 amide bonds. The summed E-state index contributed by atoms with van der Waals surface area (Å²) in [5, 5.41) is 2.79. The monoisotopic (exact) mass is 287 g/mol. The van der Waals surface area contributed by atoms with Crippen LogP contribution in [0.1, 0.15) is 28.0 Å². The lowest BCUT2D eigenvalue weighted by atomic mass is 10.1. The van der Waals surface area contributed by atoms with Gasteiger partial charge in [-0.1, -0.05) is 12.1 Å². The van der Waals surface area contributed by atoms with Crippen molar-refractivity contribution in [2.75, 3.05) is 0 Å². The maximum atomic E-state index is 11.7. The molecular weight excluding hydrogens is 274 g/mol. The molecule has 0 N–H and O–H groups in total. The molecule has 2 aromatic rings. The second-order valence-electron chi connectivity index (χ2n) is 4.13. The minimum atomic E-state index is -0.503. The van der Waals surface area contributed by atoms with Crippen LogP contribution in [0.25, 0.3) is 6.08 Å². The molecular formula is C15H13NO3S. The number of nitrogens with zero attached hydrogens (tertiary/aromatic N) is 1. The van der Waals surface area contributed by atoms with Gasteiger partial charge >= 0.3 is 5.97 Å². The van der Waals surface area contributed by atoms with Crippen LogP contribution in [0.2, 0.25) is 0 Å². The van der Waals surface area contributed by atoms with Gasteiger partial charge in [0, 0.05) is 17.0 Å². The zero-order valence-corrected chi connectivity index (χ0v) is 11.9. The van der Waals surface area contributed by atoms with Gasteiger partial charge in [-0.25, -0.2) is 9.78 Å². The van der Waals surface area contributed by atoms with Crippen LogP contribution < -0.4 is 4.74 Å². The zero-order valence-electron chi connectivity index (χ0n) is 11.1. The van der Waals surface area contributed by atoms with E-state index >= 15 is 0 Å². The van der Waals surface area contributed by atoms with Crippen LogP contribution in [0.3, 0.4) is 0 Å². The van der Waals surface area contributed by atoms with Crippen molar-refractivity contribution in [1.29, 1.82) is 0 Å². The molecule has 0 radical (unpaired) electrons. The topological polar surface area (TPSA) is 56.3 Å². The SMILES string of the molecule is CC(=O)c1cccc(OC(=O)C=Cc2csc(C)n2)c1. The largest absolute Gasteiger partial charge is 0.423 e. The van der Waals surface area contributed by atoms with Crippen LogP contribution in [0.4, 0.5) is 0 Å². The summed E-state index contributed by atoms with van der Waals surface area (Å²) in [4.78, 5) is 27.1. The molecule has 1 aromatic heterocycles. The maximum absolute atomic E-state index is 11.7. The number of carbonyl (C=O) groups is 2. The third-order valence-electron chi connectivity index (χ3n) is 2.49. The number of aryl methyl sites for hydroxylation is 1. The lowest BCUT2D eigenvalue weighted by Crippen LogP contribution is -2.04. The lowest BCUT2D eigenvalue weighted by Gasteiger charge is -2.02. The predicted molar refractivity (Wildman–Crippen MR) is 78.0 cm³/mol. The molecule has 0 unspecified atom stereocenters. The third-order valence-corrected chi connectivity index (χ3v) is 3.28. The quantitative estimate of drug-likeness (QED) is 0.375.